The maximum Gasteiger partial charge on any atom is 0.255 e. The van der Waals surface area contributed by atoms with E-state index in [1.807, 2.05) is 49.6 Å². The highest BCUT2D eigenvalue weighted by atomic mass is 32.2. The summed E-state index contributed by atoms with van der Waals surface area (Å²) in [6.07, 6.45) is 7.07. The van der Waals surface area contributed by atoms with E-state index in [1.54, 1.807) is 7.11 Å². The van der Waals surface area contributed by atoms with Gasteiger partial charge in [0.2, 0.25) is 0 Å². The fourth-order valence-electron chi connectivity index (χ4n) is 5.71. The molecule has 232 valence electrons. The molecule has 5 rings (SSSR count). The van der Waals surface area contributed by atoms with Gasteiger partial charge in [-0.15, -0.1) is 0 Å². The van der Waals surface area contributed by atoms with Crippen molar-refractivity contribution >= 4 is 57.6 Å². The van der Waals surface area contributed by atoms with Gasteiger partial charge in [0, 0.05) is 30.6 Å². The van der Waals surface area contributed by atoms with Crippen LogP contribution in [0.15, 0.2) is 48.8 Å². The summed E-state index contributed by atoms with van der Waals surface area (Å²) in [5, 5.41) is 6.54. The van der Waals surface area contributed by atoms with Crippen molar-refractivity contribution < 1.29 is 9.53 Å². The van der Waals surface area contributed by atoms with Gasteiger partial charge in [-0.25, -0.2) is 15.0 Å². The first-order chi connectivity index (χ1) is 21.0. The lowest BCUT2D eigenvalue weighted by molar-refractivity contribution is 0.102. The van der Waals surface area contributed by atoms with E-state index in [4.69, 9.17) is 9.72 Å². The van der Waals surface area contributed by atoms with E-state index in [2.05, 4.69) is 71.0 Å². The summed E-state index contributed by atoms with van der Waals surface area (Å²) >= 11 is 1.47. The van der Waals surface area contributed by atoms with Gasteiger partial charge in [-0.2, -0.15) is 0 Å². The van der Waals surface area contributed by atoms with Crippen LogP contribution in [-0.4, -0.2) is 47.3 Å². The second kappa shape index (κ2) is 12.9. The molecule has 44 heavy (non-hydrogen) atoms. The number of nitrogens with one attached hydrogen (secondary N) is 3. The van der Waals surface area contributed by atoms with Crippen molar-refractivity contribution in [2.75, 3.05) is 40.7 Å². The normalized spacial score (nSPS) is 16.5. The molecular weight excluding hydrogens is 570 g/mol. The first kappa shape index (κ1) is 31.4. The summed E-state index contributed by atoms with van der Waals surface area (Å²) in [4.78, 5) is 29.9. The molecule has 2 atom stereocenters. The molecule has 1 amide bonds. The molecular formula is C34H43N7O2S. The van der Waals surface area contributed by atoms with Crippen molar-refractivity contribution in [2.24, 2.45) is 5.92 Å². The lowest BCUT2D eigenvalue weighted by atomic mass is 9.86. The van der Waals surface area contributed by atoms with Crippen LogP contribution < -0.4 is 25.0 Å². The van der Waals surface area contributed by atoms with Crippen LogP contribution in [0.3, 0.4) is 0 Å². The Bertz CT molecular complexity index is 1670. The Kier molecular flexibility index (Phi) is 9.20. The Morgan fingerprint density at radius 3 is 2.50 bits per heavy atom. The molecule has 9 nitrogen and oxygen atoms in total. The molecule has 1 fully saturated rings. The minimum atomic E-state index is -0.243. The summed E-state index contributed by atoms with van der Waals surface area (Å²) in [6, 6.07) is 14.1. The van der Waals surface area contributed by atoms with Crippen molar-refractivity contribution in [3.05, 3.63) is 65.5 Å². The van der Waals surface area contributed by atoms with E-state index in [1.165, 1.54) is 37.5 Å². The second-order valence-electron chi connectivity index (χ2n) is 12.7. The fourth-order valence-corrected chi connectivity index (χ4v) is 6.09. The number of fused-ring (bicyclic) bond motifs is 1. The number of carbonyl (C=O) groups is 1. The van der Waals surface area contributed by atoms with E-state index >= 15 is 0 Å². The van der Waals surface area contributed by atoms with Gasteiger partial charge in [-0.05, 0) is 85.0 Å². The number of nitrogens with zero attached hydrogens (tertiary/aromatic N) is 4. The van der Waals surface area contributed by atoms with Crippen molar-refractivity contribution in [2.45, 2.75) is 65.3 Å². The molecule has 1 aliphatic carbocycles. The molecule has 4 aromatic rings. The summed E-state index contributed by atoms with van der Waals surface area (Å²) < 4.78 is 9.02. The lowest BCUT2D eigenvalue weighted by Gasteiger charge is -2.26. The fraction of sp³-hybridized carbons (Fsp3) is 0.412. The maximum atomic E-state index is 13.6. The minimum absolute atomic E-state index is 0.125. The number of aryl methyl sites for hydroxylation is 1. The third-order valence-corrected chi connectivity index (χ3v) is 8.84. The third-order valence-electron chi connectivity index (χ3n) is 8.42. The number of anilines is 5. The first-order valence-corrected chi connectivity index (χ1v) is 16.3. The van der Waals surface area contributed by atoms with Crippen LogP contribution in [0.1, 0.15) is 68.4 Å². The highest BCUT2D eigenvalue weighted by molar-refractivity contribution is 7.99. The van der Waals surface area contributed by atoms with Crippen LogP contribution in [-0.2, 0) is 5.41 Å². The molecule has 0 saturated heterocycles. The van der Waals surface area contributed by atoms with Crippen molar-refractivity contribution in [3.8, 4) is 5.75 Å². The molecule has 2 unspecified atom stereocenters. The Hall–Kier alpha value is -4.05. The van der Waals surface area contributed by atoms with Gasteiger partial charge < -0.3 is 25.0 Å². The van der Waals surface area contributed by atoms with E-state index in [0.717, 1.165) is 39.8 Å². The highest BCUT2D eigenvalue weighted by Crippen LogP contribution is 2.40. The average molecular weight is 614 g/mol. The minimum Gasteiger partial charge on any atom is -0.492 e. The maximum absolute atomic E-state index is 13.6. The molecule has 3 N–H and O–H groups in total. The predicted octanol–water partition coefficient (Wildman–Crippen LogP) is 7.95. The Balaban J connectivity index is 1.44. The van der Waals surface area contributed by atoms with E-state index in [-0.39, 0.29) is 11.3 Å². The van der Waals surface area contributed by atoms with Gasteiger partial charge in [-0.3, -0.25) is 4.79 Å². The van der Waals surface area contributed by atoms with Gasteiger partial charge >= 0.3 is 0 Å². The smallest absolute Gasteiger partial charge is 0.255 e. The number of hydrogen-bond donors (Lipinski definition) is 3. The third kappa shape index (κ3) is 6.70. The predicted molar refractivity (Wildman–Crippen MR) is 184 cm³/mol. The molecule has 2 aromatic heterocycles. The number of aromatic nitrogens is 3. The van der Waals surface area contributed by atoms with Crippen LogP contribution >= 0.6 is 11.9 Å². The second-order valence-corrected chi connectivity index (χ2v) is 13.3. The van der Waals surface area contributed by atoms with Crippen LogP contribution in [0.4, 0.5) is 28.7 Å². The van der Waals surface area contributed by atoms with Crippen molar-refractivity contribution in [3.63, 3.8) is 0 Å². The molecule has 2 aromatic carbocycles. The zero-order valence-corrected chi connectivity index (χ0v) is 27.7. The zero-order chi connectivity index (χ0) is 31.6. The monoisotopic (exact) mass is 613 g/mol. The Morgan fingerprint density at radius 2 is 1.82 bits per heavy atom. The molecule has 0 spiro atoms. The van der Waals surface area contributed by atoms with Gasteiger partial charge in [0.15, 0.2) is 11.6 Å². The van der Waals surface area contributed by atoms with E-state index in [0.29, 0.717) is 34.4 Å². The van der Waals surface area contributed by atoms with Crippen LogP contribution in [0.5, 0.6) is 5.75 Å². The number of pyridine rings is 1. The average Bonchev–Trinajstić information content (AvgIpc) is 3.43. The molecule has 0 aliphatic heterocycles. The highest BCUT2D eigenvalue weighted by Gasteiger charge is 2.26. The zero-order valence-electron chi connectivity index (χ0n) is 26.9. The largest absolute Gasteiger partial charge is 0.492 e. The first-order valence-electron chi connectivity index (χ1n) is 15.0. The van der Waals surface area contributed by atoms with Crippen LogP contribution in [0.25, 0.3) is 11.0 Å². The van der Waals surface area contributed by atoms with Crippen LogP contribution in [0.2, 0.25) is 0 Å². The Labute approximate surface area is 264 Å². The van der Waals surface area contributed by atoms with Gasteiger partial charge in [-0.1, -0.05) is 45.7 Å². The molecule has 2 heterocycles. The van der Waals surface area contributed by atoms with E-state index in [9.17, 15) is 4.79 Å². The summed E-state index contributed by atoms with van der Waals surface area (Å²) in [7, 11) is 3.73. The van der Waals surface area contributed by atoms with Gasteiger partial charge in [0.1, 0.15) is 17.7 Å². The van der Waals surface area contributed by atoms with Crippen molar-refractivity contribution in [1.29, 1.82) is 0 Å². The van der Waals surface area contributed by atoms with Gasteiger partial charge in [0.25, 0.3) is 5.91 Å². The number of ether oxygens (including phenoxy) is 1. The van der Waals surface area contributed by atoms with Gasteiger partial charge in [0.05, 0.1) is 24.0 Å². The topological polar surface area (TPSA) is 104 Å². The summed E-state index contributed by atoms with van der Waals surface area (Å²) in [5.41, 5.74) is 6.06. The molecule has 0 radical (unpaired) electrons. The number of rotatable bonds is 9. The standard InChI is InChI=1S/C34H43N7O2S/c1-20-9-12-24(15-20)41(6)29-14-13-25-30(39-29)32(36-19-35-25)37-26-16-22(11-10-21(26)2)33(42)38-27-17-23(34(3,4)5)18-28(40-44-8)31(27)43-7/h10-11,13-14,16-20,24,40H,9,12,15H2,1-8H3,(H,38,42)(H,35,36,37). The number of benzene rings is 2. The SMILES string of the molecule is COc1c(NSC)cc(C(C)(C)C)cc1NC(=O)c1ccc(C)c(Nc2ncnc3ccc(N(C)C4CCC(C)C4)nc23)c1. The van der Waals surface area contributed by atoms with Crippen molar-refractivity contribution in [1.82, 2.24) is 15.0 Å². The molecule has 10 heteroatoms. The molecule has 0 bridgehead atoms. The summed E-state index contributed by atoms with van der Waals surface area (Å²) in [5.74, 6) is 2.57. The number of hydrogen-bond acceptors (Lipinski definition) is 9. The number of amides is 1. The quantitative estimate of drug-likeness (QED) is 0.162. The number of methoxy groups -OCH3 is 1. The molecule has 1 saturated carbocycles. The Morgan fingerprint density at radius 1 is 1.05 bits per heavy atom. The molecule has 1 aliphatic rings. The number of carbonyl (C=O) groups excluding carboxylic acids is 1. The summed E-state index contributed by atoms with van der Waals surface area (Å²) in [6.45, 7) is 10.7. The lowest BCUT2D eigenvalue weighted by Crippen LogP contribution is -2.29. The van der Waals surface area contributed by atoms with Crippen LogP contribution in [0, 0.1) is 12.8 Å². The van der Waals surface area contributed by atoms with E-state index < -0.39 is 0 Å².